The summed E-state index contributed by atoms with van der Waals surface area (Å²) in [5, 5.41) is 18.9. The van der Waals surface area contributed by atoms with Gasteiger partial charge in [-0.15, -0.1) is 4.99 Å². The van der Waals surface area contributed by atoms with E-state index in [0.29, 0.717) is 42.6 Å². The fraction of sp³-hybridized carbons (Fsp3) is 0.529. The van der Waals surface area contributed by atoms with Gasteiger partial charge in [-0.3, -0.25) is 5.32 Å². The van der Waals surface area contributed by atoms with E-state index >= 15 is 0 Å². The first kappa shape index (κ1) is 34.4. The number of benzene rings is 1. The lowest BCUT2D eigenvalue weighted by Crippen LogP contribution is -2.43. The Labute approximate surface area is 271 Å². The number of carboxylic acid groups (broad SMARTS) is 1. The first-order valence-corrected chi connectivity index (χ1v) is 16.3. The van der Waals surface area contributed by atoms with E-state index in [1.165, 1.54) is 56.9 Å². The Kier molecular flexibility index (Phi) is 12.5. The van der Waals surface area contributed by atoms with Crippen LogP contribution in [0.4, 0.5) is 21.1 Å². The van der Waals surface area contributed by atoms with E-state index in [4.69, 9.17) is 9.26 Å². The Balaban J connectivity index is 1.27. The number of carbonyl (C=O) groups excluding carboxylic acids is 1. The highest BCUT2D eigenvalue weighted by Gasteiger charge is 2.32. The van der Waals surface area contributed by atoms with Crippen LogP contribution in [-0.4, -0.2) is 62.0 Å². The number of unbranched alkanes of at least 4 members (excludes halogenated alkanes) is 7. The van der Waals surface area contributed by atoms with Crippen molar-refractivity contribution in [3.63, 3.8) is 0 Å². The van der Waals surface area contributed by atoms with Crippen molar-refractivity contribution in [3.05, 3.63) is 54.0 Å². The third-order valence-electron chi connectivity index (χ3n) is 7.66. The Morgan fingerprint density at radius 3 is 2.41 bits per heavy atom. The molecule has 12 heteroatoms. The van der Waals surface area contributed by atoms with Crippen molar-refractivity contribution < 1.29 is 24.0 Å². The second-order valence-corrected chi connectivity index (χ2v) is 12.7. The molecule has 0 aliphatic carbocycles. The molecule has 4 rings (SSSR count). The van der Waals surface area contributed by atoms with E-state index in [2.05, 4.69) is 61.9 Å². The number of amides is 2. The standard InChI is InChI=1S/C34H47N7O5/c1-5-6-7-8-9-10-11-12-13-24-14-17-27(18-15-24)36-28-19-16-25(22-35-28)29-37-30(46-40-29)26-20-21-41(23-26)31(38-32(42)43)39-33(44)45-34(2,3)4/h14-19,22,26H,5-13,20-21,23H2,1-4H3,(H,35,36)(H,42,43)(H,38,39,44)/t26-/m1/s1. The molecule has 2 amide bonds. The molecule has 1 aliphatic rings. The maximum absolute atomic E-state index is 12.2. The van der Waals surface area contributed by atoms with Gasteiger partial charge < -0.3 is 24.6 Å². The minimum atomic E-state index is -1.33. The van der Waals surface area contributed by atoms with Crippen molar-refractivity contribution in [3.8, 4) is 11.4 Å². The van der Waals surface area contributed by atoms with Crippen LogP contribution < -0.4 is 10.6 Å². The second-order valence-electron chi connectivity index (χ2n) is 12.7. The predicted octanol–water partition coefficient (Wildman–Crippen LogP) is 7.91. The Morgan fingerprint density at radius 2 is 1.76 bits per heavy atom. The number of ether oxygens (including phenoxy) is 1. The smallest absolute Gasteiger partial charge is 0.437 e. The molecular weight excluding hydrogens is 586 g/mol. The van der Waals surface area contributed by atoms with Gasteiger partial charge in [0, 0.05) is 30.5 Å². The molecule has 12 nitrogen and oxygen atoms in total. The molecule has 0 bridgehead atoms. The second kappa shape index (κ2) is 16.7. The topological polar surface area (TPSA) is 155 Å². The molecule has 248 valence electrons. The van der Waals surface area contributed by atoms with Gasteiger partial charge in [0.2, 0.25) is 17.7 Å². The van der Waals surface area contributed by atoms with Crippen LogP contribution in [0.2, 0.25) is 0 Å². The molecule has 3 heterocycles. The molecular formula is C34H47N7O5. The SMILES string of the molecule is CCCCCCCCCCc1ccc(Nc2ccc(-c3noc([C@@H]4CCN(C(=NC(=O)OC(C)(C)C)NC(=O)O)C4)n3)cn2)cc1. The van der Waals surface area contributed by atoms with E-state index in [0.717, 1.165) is 12.1 Å². The molecule has 1 saturated heterocycles. The van der Waals surface area contributed by atoms with Gasteiger partial charge in [-0.25, -0.2) is 14.6 Å². The Bertz CT molecular complexity index is 1430. The predicted molar refractivity (Wildman–Crippen MR) is 177 cm³/mol. The molecule has 0 radical (unpaired) electrons. The number of anilines is 2. The van der Waals surface area contributed by atoms with Gasteiger partial charge in [-0.1, -0.05) is 69.2 Å². The molecule has 1 atom stereocenters. The summed E-state index contributed by atoms with van der Waals surface area (Å²) in [5.74, 6) is 1.25. The van der Waals surface area contributed by atoms with Crippen molar-refractivity contribution in [1.29, 1.82) is 0 Å². The summed E-state index contributed by atoms with van der Waals surface area (Å²) in [5.41, 5.74) is 2.27. The van der Waals surface area contributed by atoms with Crippen LogP contribution in [-0.2, 0) is 11.2 Å². The number of hydrogen-bond donors (Lipinski definition) is 3. The number of nitrogens with zero attached hydrogens (tertiary/aromatic N) is 5. The molecule has 2 aromatic heterocycles. The van der Waals surface area contributed by atoms with E-state index in [-0.39, 0.29) is 11.9 Å². The van der Waals surface area contributed by atoms with E-state index in [1.807, 2.05) is 12.1 Å². The van der Waals surface area contributed by atoms with Gasteiger partial charge in [-0.05, 0) is 69.9 Å². The zero-order valence-electron chi connectivity index (χ0n) is 27.4. The fourth-order valence-corrected chi connectivity index (χ4v) is 5.28. The fourth-order valence-electron chi connectivity index (χ4n) is 5.28. The normalized spacial score (nSPS) is 15.2. The number of carbonyl (C=O) groups is 2. The number of rotatable bonds is 13. The number of likely N-dealkylation sites (tertiary alicyclic amines) is 1. The van der Waals surface area contributed by atoms with Gasteiger partial charge in [-0.2, -0.15) is 4.98 Å². The molecule has 0 spiro atoms. The Morgan fingerprint density at radius 1 is 1.04 bits per heavy atom. The zero-order valence-corrected chi connectivity index (χ0v) is 27.4. The molecule has 0 unspecified atom stereocenters. The van der Waals surface area contributed by atoms with Crippen LogP contribution in [0.3, 0.4) is 0 Å². The average molecular weight is 634 g/mol. The summed E-state index contributed by atoms with van der Waals surface area (Å²) in [7, 11) is 0. The Hall–Kier alpha value is -4.48. The highest BCUT2D eigenvalue weighted by Crippen LogP contribution is 2.28. The maximum Gasteiger partial charge on any atom is 0.437 e. The van der Waals surface area contributed by atoms with E-state index < -0.39 is 17.8 Å². The van der Waals surface area contributed by atoms with Crippen molar-refractivity contribution in [1.82, 2.24) is 25.3 Å². The highest BCUT2D eigenvalue weighted by atomic mass is 16.6. The molecule has 46 heavy (non-hydrogen) atoms. The third kappa shape index (κ3) is 11.1. The van der Waals surface area contributed by atoms with Crippen LogP contribution in [0.15, 0.2) is 52.1 Å². The number of aliphatic imine (C=N–C) groups is 1. The summed E-state index contributed by atoms with van der Waals surface area (Å²) in [6.45, 7) is 8.15. The first-order valence-electron chi connectivity index (χ1n) is 16.3. The zero-order chi connectivity index (χ0) is 32.9. The van der Waals surface area contributed by atoms with E-state index in [1.54, 1.807) is 31.9 Å². The number of pyridine rings is 1. The lowest BCUT2D eigenvalue weighted by molar-refractivity contribution is 0.0601. The van der Waals surface area contributed by atoms with Crippen molar-refractivity contribution >= 4 is 29.7 Å². The molecule has 0 saturated carbocycles. The quantitative estimate of drug-likeness (QED) is 0.0960. The lowest BCUT2D eigenvalue weighted by atomic mass is 10.0. The molecule has 1 aliphatic heterocycles. The summed E-state index contributed by atoms with van der Waals surface area (Å²) < 4.78 is 10.8. The van der Waals surface area contributed by atoms with E-state index in [9.17, 15) is 14.7 Å². The summed E-state index contributed by atoms with van der Waals surface area (Å²) in [6.07, 6.45) is 11.8. The molecule has 1 aromatic carbocycles. The number of aryl methyl sites for hydroxylation is 1. The van der Waals surface area contributed by atoms with Crippen LogP contribution in [0.1, 0.15) is 103 Å². The largest absolute Gasteiger partial charge is 0.465 e. The van der Waals surface area contributed by atoms with Crippen LogP contribution >= 0.6 is 0 Å². The van der Waals surface area contributed by atoms with Gasteiger partial charge in [0.25, 0.3) is 0 Å². The van der Waals surface area contributed by atoms with Gasteiger partial charge in [0.15, 0.2) is 0 Å². The third-order valence-corrected chi connectivity index (χ3v) is 7.66. The van der Waals surface area contributed by atoms with Crippen LogP contribution in [0.25, 0.3) is 11.4 Å². The number of hydrogen-bond acceptors (Lipinski definition) is 8. The van der Waals surface area contributed by atoms with Gasteiger partial charge in [0.1, 0.15) is 11.4 Å². The van der Waals surface area contributed by atoms with Crippen molar-refractivity contribution in [2.45, 2.75) is 103 Å². The number of nitrogens with one attached hydrogen (secondary N) is 2. The highest BCUT2D eigenvalue weighted by molar-refractivity contribution is 5.98. The average Bonchev–Trinajstić information content (AvgIpc) is 3.69. The summed E-state index contributed by atoms with van der Waals surface area (Å²) >= 11 is 0. The van der Waals surface area contributed by atoms with Gasteiger partial charge in [0.05, 0.1) is 5.92 Å². The maximum atomic E-state index is 12.2. The molecule has 1 fully saturated rings. The summed E-state index contributed by atoms with van der Waals surface area (Å²) in [4.78, 5) is 38.2. The lowest BCUT2D eigenvalue weighted by Gasteiger charge is -2.21. The number of aromatic nitrogens is 3. The van der Waals surface area contributed by atoms with Crippen molar-refractivity contribution in [2.24, 2.45) is 4.99 Å². The van der Waals surface area contributed by atoms with Crippen LogP contribution in [0, 0.1) is 0 Å². The molecule has 3 aromatic rings. The summed E-state index contributed by atoms with van der Waals surface area (Å²) in [6, 6.07) is 12.3. The minimum absolute atomic E-state index is 0.102. The van der Waals surface area contributed by atoms with Gasteiger partial charge >= 0.3 is 12.2 Å². The minimum Gasteiger partial charge on any atom is -0.465 e. The van der Waals surface area contributed by atoms with Crippen molar-refractivity contribution in [2.75, 3.05) is 18.4 Å². The monoisotopic (exact) mass is 633 g/mol. The molecule has 3 N–H and O–H groups in total. The first-order chi connectivity index (χ1) is 22.1. The number of guanidine groups is 1. The van der Waals surface area contributed by atoms with Crippen LogP contribution in [0.5, 0.6) is 0 Å².